The molecule has 3 aromatic carbocycles. The molecule has 1 atom stereocenters. The fourth-order valence-electron chi connectivity index (χ4n) is 3.01. The van der Waals surface area contributed by atoms with Gasteiger partial charge in [-0.2, -0.15) is 0 Å². The van der Waals surface area contributed by atoms with Gasteiger partial charge in [-0.3, -0.25) is 9.80 Å². The van der Waals surface area contributed by atoms with E-state index < -0.39 is 0 Å². The normalized spacial score (nSPS) is 12.3. The van der Waals surface area contributed by atoms with Gasteiger partial charge in [0.05, 0.1) is 5.69 Å². The molecule has 24 heavy (non-hydrogen) atoms. The Morgan fingerprint density at radius 1 is 0.917 bits per heavy atom. The number of hydrazine groups is 1. The Morgan fingerprint density at radius 2 is 1.58 bits per heavy atom. The van der Waals surface area contributed by atoms with Crippen LogP contribution in [0.2, 0.25) is 0 Å². The van der Waals surface area contributed by atoms with Gasteiger partial charge in [0, 0.05) is 13.6 Å². The molecule has 0 aromatic heterocycles. The Bertz CT molecular complexity index is 816. The zero-order chi connectivity index (χ0) is 16.9. The number of fused-ring (bicyclic) bond motifs is 1. The lowest BCUT2D eigenvalue weighted by Crippen LogP contribution is -2.46. The van der Waals surface area contributed by atoms with E-state index >= 15 is 0 Å². The summed E-state index contributed by atoms with van der Waals surface area (Å²) >= 11 is 0. The molecule has 3 nitrogen and oxygen atoms in total. The zero-order valence-electron chi connectivity index (χ0n) is 14.0. The molecule has 0 spiro atoms. The van der Waals surface area contributed by atoms with Gasteiger partial charge >= 0.3 is 0 Å². The molecule has 0 N–H and O–H groups in total. The van der Waals surface area contributed by atoms with Crippen molar-refractivity contribution in [2.75, 3.05) is 12.1 Å². The summed E-state index contributed by atoms with van der Waals surface area (Å²) in [4.78, 5) is 11.3. The first kappa shape index (κ1) is 16.2. The van der Waals surface area contributed by atoms with Crippen molar-refractivity contribution in [1.29, 1.82) is 0 Å². The second kappa shape index (κ2) is 7.28. The van der Waals surface area contributed by atoms with Gasteiger partial charge in [0.1, 0.15) is 6.04 Å². The topological polar surface area (TPSA) is 23.6 Å². The smallest absolute Gasteiger partial charge is 0.224 e. The third-order valence-corrected chi connectivity index (χ3v) is 4.16. The number of hydrogen-bond donors (Lipinski definition) is 0. The first-order chi connectivity index (χ1) is 11.7. The van der Waals surface area contributed by atoms with Crippen molar-refractivity contribution in [2.24, 2.45) is 0 Å². The first-order valence-electron chi connectivity index (χ1n) is 8.10. The van der Waals surface area contributed by atoms with Gasteiger partial charge in [-0.05, 0) is 35.4 Å². The number of carbonyl (C=O) groups excluding carboxylic acids is 1. The maximum atomic E-state index is 11.3. The first-order valence-corrected chi connectivity index (χ1v) is 8.10. The summed E-state index contributed by atoms with van der Waals surface area (Å²) in [6.45, 7) is 2.59. The van der Waals surface area contributed by atoms with E-state index in [1.165, 1.54) is 10.9 Å². The lowest BCUT2D eigenvalue weighted by atomic mass is 10.1. The number of hydrogen-bond acceptors (Lipinski definition) is 3. The van der Waals surface area contributed by atoms with Crippen LogP contribution in [0, 0.1) is 0 Å². The molecule has 121 valence electrons. The van der Waals surface area contributed by atoms with E-state index in [2.05, 4.69) is 53.8 Å². The summed E-state index contributed by atoms with van der Waals surface area (Å²) in [7, 11) is 2.00. The van der Waals surface area contributed by atoms with Crippen LogP contribution in [-0.2, 0) is 11.3 Å². The van der Waals surface area contributed by atoms with Gasteiger partial charge in [0.2, 0.25) is 6.29 Å². The molecule has 0 bridgehead atoms. The number of nitrogens with zero attached hydrogens (tertiary/aromatic N) is 2. The molecule has 0 heterocycles. The van der Waals surface area contributed by atoms with Crippen molar-refractivity contribution in [1.82, 2.24) is 5.01 Å². The van der Waals surface area contributed by atoms with Crippen molar-refractivity contribution in [3.05, 3.63) is 78.4 Å². The van der Waals surface area contributed by atoms with Gasteiger partial charge in [-0.15, -0.1) is 0 Å². The Morgan fingerprint density at radius 3 is 2.29 bits per heavy atom. The summed E-state index contributed by atoms with van der Waals surface area (Å²) in [6.07, 6.45) is 2.11. The van der Waals surface area contributed by atoms with Crippen molar-refractivity contribution >= 4 is 22.7 Å². The van der Waals surface area contributed by atoms with Crippen LogP contribution in [0.3, 0.4) is 0 Å². The van der Waals surface area contributed by atoms with Crippen LogP contribution in [0.25, 0.3) is 10.8 Å². The van der Waals surface area contributed by atoms with Crippen LogP contribution in [0.15, 0.2) is 72.8 Å². The lowest BCUT2D eigenvalue weighted by Gasteiger charge is -2.36. The molecule has 1 radical (unpaired) electrons. The van der Waals surface area contributed by atoms with E-state index in [9.17, 15) is 4.79 Å². The molecule has 0 aliphatic rings. The maximum Gasteiger partial charge on any atom is 0.224 e. The summed E-state index contributed by atoms with van der Waals surface area (Å²) in [5.74, 6) is 0. The van der Waals surface area contributed by atoms with Gasteiger partial charge in [0.25, 0.3) is 0 Å². The van der Waals surface area contributed by atoms with Gasteiger partial charge in [-0.25, -0.2) is 5.01 Å². The van der Waals surface area contributed by atoms with Gasteiger partial charge < -0.3 is 0 Å². The van der Waals surface area contributed by atoms with E-state index in [1.807, 2.05) is 49.3 Å². The average Bonchev–Trinajstić information content (AvgIpc) is 2.62. The highest BCUT2D eigenvalue weighted by Crippen LogP contribution is 2.25. The van der Waals surface area contributed by atoms with Crippen LogP contribution in [0.1, 0.15) is 12.5 Å². The van der Waals surface area contributed by atoms with E-state index in [-0.39, 0.29) is 6.04 Å². The van der Waals surface area contributed by atoms with Crippen LogP contribution < -0.4 is 5.01 Å². The fourth-order valence-corrected chi connectivity index (χ4v) is 3.01. The Hall–Kier alpha value is -2.65. The molecule has 0 amide bonds. The van der Waals surface area contributed by atoms with Crippen molar-refractivity contribution < 1.29 is 4.79 Å². The molecule has 0 unspecified atom stereocenters. The fraction of sp³-hybridized carbons (Fsp3) is 0.190. The maximum absolute atomic E-state index is 11.3. The molecule has 0 aliphatic heterocycles. The molecule has 0 saturated carbocycles. The molecule has 3 heteroatoms. The van der Waals surface area contributed by atoms with Crippen molar-refractivity contribution in [3.8, 4) is 0 Å². The highest BCUT2D eigenvalue weighted by atomic mass is 16.1. The van der Waals surface area contributed by atoms with E-state index in [0.29, 0.717) is 0 Å². The number of anilines is 1. The highest BCUT2D eigenvalue weighted by molar-refractivity contribution is 5.86. The van der Waals surface area contributed by atoms with E-state index in [1.54, 1.807) is 0 Å². The predicted molar refractivity (Wildman–Crippen MR) is 99.5 cm³/mol. The molecule has 0 aliphatic carbocycles. The van der Waals surface area contributed by atoms with Crippen LogP contribution in [0.4, 0.5) is 5.69 Å². The second-order valence-electron chi connectivity index (χ2n) is 5.97. The molecule has 3 aromatic rings. The van der Waals surface area contributed by atoms with E-state index in [4.69, 9.17) is 0 Å². The summed E-state index contributed by atoms with van der Waals surface area (Å²) in [5.41, 5.74) is 2.19. The number of benzene rings is 3. The third-order valence-electron chi connectivity index (χ3n) is 4.16. The quantitative estimate of drug-likeness (QED) is 0.637. The van der Waals surface area contributed by atoms with Crippen molar-refractivity contribution in [2.45, 2.75) is 19.5 Å². The highest BCUT2D eigenvalue weighted by Gasteiger charge is 2.20. The SMILES string of the molecule is C[C@@H]([C]=O)N(c1ccc2ccccc2c1)N(C)Cc1ccccc1. The third kappa shape index (κ3) is 3.47. The largest absolute Gasteiger partial charge is 0.295 e. The monoisotopic (exact) mass is 317 g/mol. The number of rotatable bonds is 6. The predicted octanol–water partition coefficient (Wildman–Crippen LogP) is 4.19. The van der Waals surface area contributed by atoms with Crippen LogP contribution in [-0.4, -0.2) is 24.4 Å². The summed E-state index contributed by atoms with van der Waals surface area (Å²) < 4.78 is 0. The zero-order valence-corrected chi connectivity index (χ0v) is 14.0. The minimum atomic E-state index is -0.361. The average molecular weight is 317 g/mol. The lowest BCUT2D eigenvalue weighted by molar-refractivity contribution is 0.285. The minimum absolute atomic E-state index is 0.361. The summed E-state index contributed by atoms with van der Waals surface area (Å²) in [6, 6.07) is 24.4. The second-order valence-corrected chi connectivity index (χ2v) is 5.97. The van der Waals surface area contributed by atoms with Crippen LogP contribution in [0.5, 0.6) is 0 Å². The molecule has 0 fully saturated rings. The molecule has 0 saturated heterocycles. The van der Waals surface area contributed by atoms with Gasteiger partial charge in [-0.1, -0.05) is 60.7 Å². The van der Waals surface area contributed by atoms with Crippen molar-refractivity contribution in [3.63, 3.8) is 0 Å². The van der Waals surface area contributed by atoms with Gasteiger partial charge in [0.15, 0.2) is 0 Å². The molecule has 3 rings (SSSR count). The Balaban J connectivity index is 1.93. The Labute approximate surface area is 143 Å². The Kier molecular flexibility index (Phi) is 4.92. The standard InChI is InChI=1S/C21H21N2O/c1-17(16-24)23(22(2)15-18-8-4-3-5-9-18)21-13-12-19-10-6-7-11-20(19)14-21/h3-14,17H,15H2,1-2H3/t17-/m0/s1. The minimum Gasteiger partial charge on any atom is -0.295 e. The van der Waals surface area contributed by atoms with Crippen LogP contribution >= 0.6 is 0 Å². The molecular weight excluding hydrogens is 296 g/mol. The summed E-state index contributed by atoms with van der Waals surface area (Å²) in [5, 5.41) is 6.41. The molecular formula is C21H21N2O. The van der Waals surface area contributed by atoms with E-state index in [0.717, 1.165) is 17.6 Å².